The van der Waals surface area contributed by atoms with Gasteiger partial charge in [0, 0.05) is 17.8 Å². The topological polar surface area (TPSA) is 106 Å². The summed E-state index contributed by atoms with van der Waals surface area (Å²) in [5.74, 6) is 0. The van der Waals surface area contributed by atoms with Crippen molar-refractivity contribution in [3.63, 3.8) is 0 Å². The lowest BCUT2D eigenvalue weighted by molar-refractivity contribution is 0.601. The van der Waals surface area contributed by atoms with Crippen molar-refractivity contribution < 1.29 is 8.42 Å². The first-order chi connectivity index (χ1) is 12.4. The summed E-state index contributed by atoms with van der Waals surface area (Å²) in [6, 6.07) is 8.68. The molecule has 0 aliphatic rings. The van der Waals surface area contributed by atoms with Gasteiger partial charge in [0.05, 0.1) is 17.1 Å². The predicted molar refractivity (Wildman–Crippen MR) is 96.3 cm³/mol. The van der Waals surface area contributed by atoms with Crippen molar-refractivity contribution in [1.29, 1.82) is 0 Å². The molecule has 0 unspecified atom stereocenters. The van der Waals surface area contributed by atoms with Crippen LogP contribution in [0, 0.1) is 6.92 Å². The number of H-pyrrole nitrogens is 1. The van der Waals surface area contributed by atoms with Gasteiger partial charge in [-0.05, 0) is 30.7 Å². The average molecular weight is 368 g/mol. The van der Waals surface area contributed by atoms with Gasteiger partial charge in [0.15, 0.2) is 9.84 Å². The third kappa shape index (κ3) is 2.86. The molecule has 9 heteroatoms. The van der Waals surface area contributed by atoms with Gasteiger partial charge < -0.3 is 4.98 Å². The number of hydrogen-bond acceptors (Lipinski definition) is 6. The molecule has 26 heavy (non-hydrogen) atoms. The molecule has 0 spiro atoms. The highest BCUT2D eigenvalue weighted by atomic mass is 32.2. The summed E-state index contributed by atoms with van der Waals surface area (Å²) in [5, 5.41) is 9.40. The molecule has 132 valence electrons. The lowest BCUT2D eigenvalue weighted by Gasteiger charge is -2.05. The fourth-order valence-electron chi connectivity index (χ4n) is 2.81. The molecular weight excluding hydrogens is 352 g/mol. The molecule has 0 saturated carbocycles. The zero-order chi connectivity index (χ0) is 18.3. The van der Waals surface area contributed by atoms with Crippen molar-refractivity contribution in [3.05, 3.63) is 54.1 Å². The lowest BCUT2D eigenvalue weighted by atomic mass is 10.2. The number of aromatic amines is 1. The minimum atomic E-state index is -3.20. The molecule has 0 bridgehead atoms. The summed E-state index contributed by atoms with van der Waals surface area (Å²) < 4.78 is 24.9. The zero-order valence-corrected chi connectivity index (χ0v) is 15.0. The predicted octanol–water partition coefficient (Wildman–Crippen LogP) is 1.98. The Hall–Kier alpha value is -3.07. The van der Waals surface area contributed by atoms with Gasteiger partial charge >= 0.3 is 0 Å². The summed E-state index contributed by atoms with van der Waals surface area (Å²) in [6.45, 7) is 2.42. The highest BCUT2D eigenvalue weighted by Gasteiger charge is 2.16. The molecule has 0 atom stereocenters. The number of aromatic nitrogens is 6. The Morgan fingerprint density at radius 1 is 1.08 bits per heavy atom. The first kappa shape index (κ1) is 16.4. The van der Waals surface area contributed by atoms with Crippen LogP contribution in [-0.2, 0) is 16.4 Å². The Bertz CT molecular complexity index is 1190. The number of sulfone groups is 1. The van der Waals surface area contributed by atoms with E-state index in [2.05, 4.69) is 25.3 Å². The van der Waals surface area contributed by atoms with Crippen LogP contribution < -0.4 is 0 Å². The number of benzene rings is 1. The van der Waals surface area contributed by atoms with Gasteiger partial charge in [-0.15, -0.1) is 5.10 Å². The maximum Gasteiger partial charge on any atom is 0.175 e. The van der Waals surface area contributed by atoms with Gasteiger partial charge in [-0.3, -0.25) is 0 Å². The number of hydrogen-bond donors (Lipinski definition) is 1. The third-order valence-electron chi connectivity index (χ3n) is 4.24. The van der Waals surface area contributed by atoms with E-state index < -0.39 is 9.84 Å². The van der Waals surface area contributed by atoms with E-state index in [4.69, 9.17) is 0 Å². The van der Waals surface area contributed by atoms with Gasteiger partial charge in [-0.1, -0.05) is 17.3 Å². The summed E-state index contributed by atoms with van der Waals surface area (Å²) in [5.41, 5.74) is 3.99. The number of fused-ring (bicyclic) bond motifs is 1. The van der Waals surface area contributed by atoms with Crippen molar-refractivity contribution in [2.24, 2.45) is 0 Å². The van der Waals surface area contributed by atoms with Gasteiger partial charge in [-0.2, -0.15) is 0 Å². The van der Waals surface area contributed by atoms with Crippen molar-refractivity contribution in [2.45, 2.75) is 18.4 Å². The number of nitrogens with zero attached hydrogens (tertiary/aromatic N) is 5. The number of nitrogens with one attached hydrogen (secondary N) is 1. The van der Waals surface area contributed by atoms with Gasteiger partial charge in [0.1, 0.15) is 23.4 Å². The van der Waals surface area contributed by atoms with Crippen LogP contribution in [0.2, 0.25) is 0 Å². The van der Waals surface area contributed by atoms with Crippen LogP contribution in [0.25, 0.3) is 22.4 Å². The zero-order valence-electron chi connectivity index (χ0n) is 14.2. The monoisotopic (exact) mass is 368 g/mol. The molecule has 4 rings (SSSR count). The highest BCUT2D eigenvalue weighted by molar-refractivity contribution is 7.90. The maximum atomic E-state index is 11.6. The summed E-state index contributed by atoms with van der Waals surface area (Å²) >= 11 is 0. The standard InChI is InChI=1S/C17H16N6O2S/c1-11-15(16-14-7-8-18-17(14)20-10-19-16)21-22-23(11)9-12-3-5-13(6-4-12)26(2,24)25/h3-8,10H,9H2,1-2H3,(H,18,19,20). The normalized spacial score (nSPS) is 11.9. The van der Waals surface area contributed by atoms with E-state index in [0.717, 1.165) is 28.0 Å². The molecule has 0 saturated heterocycles. The largest absolute Gasteiger partial charge is 0.346 e. The van der Waals surface area contributed by atoms with E-state index in [-0.39, 0.29) is 0 Å². The third-order valence-corrected chi connectivity index (χ3v) is 5.37. The fraction of sp³-hybridized carbons (Fsp3) is 0.176. The Morgan fingerprint density at radius 2 is 1.85 bits per heavy atom. The Balaban J connectivity index is 1.67. The van der Waals surface area contributed by atoms with E-state index >= 15 is 0 Å². The average Bonchev–Trinajstić information content (AvgIpc) is 3.22. The van der Waals surface area contributed by atoms with Crippen LogP contribution in [0.1, 0.15) is 11.3 Å². The van der Waals surface area contributed by atoms with Crippen molar-refractivity contribution in [2.75, 3.05) is 6.26 Å². The van der Waals surface area contributed by atoms with Crippen LogP contribution >= 0.6 is 0 Å². The molecule has 8 nitrogen and oxygen atoms in total. The Morgan fingerprint density at radius 3 is 2.58 bits per heavy atom. The molecule has 0 fully saturated rings. The SMILES string of the molecule is Cc1c(-c2ncnc3[nH]ccc23)nnn1Cc1ccc(S(C)(=O)=O)cc1. The molecular formula is C17H16N6O2S. The summed E-state index contributed by atoms with van der Waals surface area (Å²) in [4.78, 5) is 11.9. The van der Waals surface area contributed by atoms with Crippen molar-refractivity contribution in [3.8, 4) is 11.4 Å². The summed E-state index contributed by atoms with van der Waals surface area (Å²) in [6.07, 6.45) is 4.50. The van der Waals surface area contributed by atoms with Crippen LogP contribution in [0.4, 0.5) is 0 Å². The molecule has 0 amide bonds. The van der Waals surface area contributed by atoms with E-state index in [0.29, 0.717) is 17.1 Å². The first-order valence-electron chi connectivity index (χ1n) is 7.91. The lowest BCUT2D eigenvalue weighted by Crippen LogP contribution is -2.05. The molecule has 4 aromatic rings. The fourth-order valence-corrected chi connectivity index (χ4v) is 3.44. The molecule has 0 aliphatic heterocycles. The quantitative estimate of drug-likeness (QED) is 0.590. The van der Waals surface area contributed by atoms with Gasteiger partial charge in [0.25, 0.3) is 0 Å². The molecule has 3 aromatic heterocycles. The molecule has 3 heterocycles. The molecule has 1 N–H and O–H groups in total. The van der Waals surface area contributed by atoms with Gasteiger partial charge in [-0.25, -0.2) is 23.1 Å². The minimum absolute atomic E-state index is 0.299. The van der Waals surface area contributed by atoms with Gasteiger partial charge in [0.2, 0.25) is 0 Å². The van der Waals surface area contributed by atoms with E-state index in [1.807, 2.05) is 19.2 Å². The first-order valence-corrected chi connectivity index (χ1v) is 9.80. The van der Waals surface area contributed by atoms with Crippen molar-refractivity contribution >= 4 is 20.9 Å². The van der Waals surface area contributed by atoms with Crippen LogP contribution in [0.15, 0.2) is 47.8 Å². The highest BCUT2D eigenvalue weighted by Crippen LogP contribution is 2.25. The number of rotatable bonds is 4. The van der Waals surface area contributed by atoms with Crippen LogP contribution in [0.5, 0.6) is 0 Å². The Kier molecular flexibility index (Phi) is 3.80. The van der Waals surface area contributed by atoms with Crippen molar-refractivity contribution in [1.82, 2.24) is 29.9 Å². The second kappa shape index (κ2) is 6.03. The minimum Gasteiger partial charge on any atom is -0.346 e. The summed E-state index contributed by atoms with van der Waals surface area (Å²) in [7, 11) is -3.20. The van der Waals surface area contributed by atoms with E-state index in [9.17, 15) is 8.42 Å². The van der Waals surface area contributed by atoms with E-state index in [1.165, 1.54) is 12.6 Å². The molecule has 0 aliphatic carbocycles. The molecule has 0 radical (unpaired) electrons. The molecule has 1 aromatic carbocycles. The second-order valence-electron chi connectivity index (χ2n) is 6.06. The maximum absolute atomic E-state index is 11.6. The van der Waals surface area contributed by atoms with Crippen LogP contribution in [-0.4, -0.2) is 44.6 Å². The van der Waals surface area contributed by atoms with E-state index in [1.54, 1.807) is 28.9 Å². The van der Waals surface area contributed by atoms with Crippen LogP contribution in [0.3, 0.4) is 0 Å². The Labute approximate surface area is 149 Å². The smallest absolute Gasteiger partial charge is 0.175 e. The second-order valence-corrected chi connectivity index (χ2v) is 8.08.